The zero-order valence-electron chi connectivity index (χ0n) is 17.1. The first kappa shape index (κ1) is 21.9. The Morgan fingerprint density at radius 2 is 1.87 bits per heavy atom. The molecule has 0 saturated heterocycles. The van der Waals surface area contributed by atoms with Gasteiger partial charge >= 0.3 is 0 Å². The second-order valence-corrected chi connectivity index (χ2v) is 8.39. The van der Waals surface area contributed by atoms with Crippen molar-refractivity contribution in [1.29, 1.82) is 0 Å². The molecule has 1 amide bonds. The van der Waals surface area contributed by atoms with E-state index in [-0.39, 0.29) is 11.7 Å². The van der Waals surface area contributed by atoms with Crippen LogP contribution in [0.4, 0.5) is 10.8 Å². The summed E-state index contributed by atoms with van der Waals surface area (Å²) >= 11 is 4.75. The van der Waals surface area contributed by atoms with Crippen molar-refractivity contribution in [3.05, 3.63) is 74.7 Å². The molecule has 0 aliphatic rings. The summed E-state index contributed by atoms with van der Waals surface area (Å²) in [6, 6.07) is 11.1. The largest absolute Gasteiger partial charge is 0.496 e. The molecule has 1 aromatic heterocycles. The normalized spacial score (nSPS) is 11.0. The summed E-state index contributed by atoms with van der Waals surface area (Å²) in [5.41, 5.74) is 3.99. The Labute approximate surface area is 188 Å². The van der Waals surface area contributed by atoms with E-state index in [1.807, 2.05) is 37.4 Å². The van der Waals surface area contributed by atoms with E-state index in [9.17, 15) is 9.59 Å². The van der Waals surface area contributed by atoms with Crippen molar-refractivity contribution in [2.24, 2.45) is 0 Å². The lowest BCUT2D eigenvalue weighted by Gasteiger charge is -2.22. The Hall–Kier alpha value is -2.77. The number of methoxy groups -OCH3 is 1. The summed E-state index contributed by atoms with van der Waals surface area (Å²) in [7, 11) is 1.57. The highest BCUT2D eigenvalue weighted by Crippen LogP contribution is 2.34. The van der Waals surface area contributed by atoms with Crippen LogP contribution < -0.4 is 9.64 Å². The van der Waals surface area contributed by atoms with E-state index >= 15 is 0 Å². The Balaban J connectivity index is 1.85. The number of nitrogens with zero attached hydrogens (tertiary/aromatic N) is 2. The number of carbonyl (C=O) groups excluding carboxylic acids is 2. The number of allylic oxidation sites excluding steroid dienone is 1. The minimum atomic E-state index is -0.147. The van der Waals surface area contributed by atoms with Gasteiger partial charge in [-0.25, -0.2) is 4.98 Å². The molecule has 154 valence electrons. The summed E-state index contributed by atoms with van der Waals surface area (Å²) in [6.07, 6.45) is 3.13. The first-order valence-electron chi connectivity index (χ1n) is 9.20. The van der Waals surface area contributed by atoms with E-state index in [0.29, 0.717) is 26.6 Å². The van der Waals surface area contributed by atoms with Gasteiger partial charge in [0.1, 0.15) is 5.75 Å². The lowest BCUT2D eigenvalue weighted by Crippen LogP contribution is -2.24. The fourth-order valence-corrected chi connectivity index (χ4v) is 4.46. The number of carbonyl (C=O) groups is 2. The molecule has 0 saturated carbocycles. The van der Waals surface area contributed by atoms with Crippen LogP contribution in [0.1, 0.15) is 34.1 Å². The lowest BCUT2D eigenvalue weighted by molar-refractivity contribution is -0.115. The molecule has 7 heteroatoms. The van der Waals surface area contributed by atoms with Gasteiger partial charge in [-0.3, -0.25) is 14.5 Å². The monoisotopic (exact) mass is 484 g/mol. The first-order chi connectivity index (χ1) is 14.3. The van der Waals surface area contributed by atoms with Gasteiger partial charge < -0.3 is 4.74 Å². The molecule has 0 fully saturated rings. The molecule has 0 aliphatic carbocycles. The lowest BCUT2D eigenvalue weighted by atomic mass is 10.1. The summed E-state index contributed by atoms with van der Waals surface area (Å²) in [5.74, 6) is 0.401. The van der Waals surface area contributed by atoms with Gasteiger partial charge in [-0.1, -0.05) is 18.2 Å². The molecule has 5 nitrogen and oxygen atoms in total. The number of thiazole rings is 1. The zero-order valence-corrected chi connectivity index (χ0v) is 19.5. The fourth-order valence-electron chi connectivity index (χ4n) is 3.08. The highest BCUT2D eigenvalue weighted by molar-refractivity contribution is 9.10. The molecule has 2 aromatic carbocycles. The van der Waals surface area contributed by atoms with Crippen LogP contribution in [0.3, 0.4) is 0 Å². The van der Waals surface area contributed by atoms with Crippen molar-refractivity contribution in [2.75, 3.05) is 12.0 Å². The van der Waals surface area contributed by atoms with Crippen LogP contribution in [0.25, 0.3) is 6.08 Å². The number of anilines is 2. The minimum absolute atomic E-state index is 0.114. The van der Waals surface area contributed by atoms with E-state index in [4.69, 9.17) is 4.74 Å². The van der Waals surface area contributed by atoms with Crippen molar-refractivity contribution < 1.29 is 14.3 Å². The van der Waals surface area contributed by atoms with E-state index in [0.717, 1.165) is 16.8 Å². The molecular formula is C23H21BrN2O3S. The standard InChI is InChI=1S/C23H21BrN2O3S/c1-14-6-5-7-15(2)22(14)26(16(3)27)23-25-18(13-30-23)9-10-20(28)17-8-11-21(29-4)19(24)12-17/h5-13H,1-4H3/b10-9+. The van der Waals surface area contributed by atoms with Gasteiger partial charge in [-0.2, -0.15) is 0 Å². The molecule has 3 aromatic rings. The van der Waals surface area contributed by atoms with Gasteiger partial charge in [-0.15, -0.1) is 11.3 Å². The number of hydrogen-bond acceptors (Lipinski definition) is 5. The molecule has 0 atom stereocenters. The molecule has 30 heavy (non-hydrogen) atoms. The summed E-state index contributed by atoms with van der Waals surface area (Å²) in [6.45, 7) is 5.46. The first-order valence-corrected chi connectivity index (χ1v) is 10.9. The van der Waals surface area contributed by atoms with Crippen LogP contribution in [-0.4, -0.2) is 23.8 Å². The number of rotatable bonds is 6. The van der Waals surface area contributed by atoms with Crippen LogP contribution in [-0.2, 0) is 4.79 Å². The van der Waals surface area contributed by atoms with Gasteiger partial charge in [0.2, 0.25) is 5.91 Å². The summed E-state index contributed by atoms with van der Waals surface area (Å²) in [4.78, 5) is 31.1. The predicted octanol–water partition coefficient (Wildman–Crippen LogP) is 6.11. The predicted molar refractivity (Wildman–Crippen MR) is 125 cm³/mol. The third-order valence-corrected chi connectivity index (χ3v) is 5.98. The van der Waals surface area contributed by atoms with E-state index in [2.05, 4.69) is 20.9 Å². The molecule has 3 rings (SSSR count). The number of hydrogen-bond donors (Lipinski definition) is 0. The minimum Gasteiger partial charge on any atom is -0.496 e. The molecule has 0 bridgehead atoms. The van der Waals surface area contributed by atoms with Crippen molar-refractivity contribution in [1.82, 2.24) is 4.98 Å². The zero-order chi connectivity index (χ0) is 21.8. The van der Waals surface area contributed by atoms with E-state index in [1.165, 1.54) is 24.3 Å². The Morgan fingerprint density at radius 3 is 2.47 bits per heavy atom. The van der Waals surface area contributed by atoms with Crippen molar-refractivity contribution in [2.45, 2.75) is 20.8 Å². The molecule has 0 aliphatic heterocycles. The highest BCUT2D eigenvalue weighted by atomic mass is 79.9. The maximum Gasteiger partial charge on any atom is 0.230 e. The van der Waals surface area contributed by atoms with E-state index in [1.54, 1.807) is 36.3 Å². The molecule has 0 radical (unpaired) electrons. The third kappa shape index (κ3) is 4.68. The summed E-state index contributed by atoms with van der Waals surface area (Å²) in [5, 5.41) is 2.39. The molecule has 1 heterocycles. The molecule has 0 N–H and O–H groups in total. The maximum absolute atomic E-state index is 12.5. The van der Waals surface area contributed by atoms with Crippen LogP contribution >= 0.6 is 27.3 Å². The average Bonchev–Trinajstić information content (AvgIpc) is 3.17. The Kier molecular flexibility index (Phi) is 6.84. The Bertz CT molecular complexity index is 1120. The number of halogens is 1. The molecule has 0 unspecified atom stereocenters. The number of aromatic nitrogens is 1. The topological polar surface area (TPSA) is 59.5 Å². The van der Waals surface area contributed by atoms with Crippen LogP contribution in [0, 0.1) is 13.8 Å². The van der Waals surface area contributed by atoms with E-state index < -0.39 is 0 Å². The van der Waals surface area contributed by atoms with Crippen LogP contribution in [0.5, 0.6) is 5.75 Å². The number of aryl methyl sites for hydroxylation is 2. The number of benzene rings is 2. The van der Waals surface area contributed by atoms with Gasteiger partial charge in [-0.05, 0) is 71.3 Å². The summed E-state index contributed by atoms with van der Waals surface area (Å²) < 4.78 is 5.90. The fraction of sp³-hybridized carbons (Fsp3) is 0.174. The van der Waals surface area contributed by atoms with Crippen molar-refractivity contribution in [3.8, 4) is 5.75 Å². The second-order valence-electron chi connectivity index (χ2n) is 6.70. The van der Waals surface area contributed by atoms with Crippen LogP contribution in [0.15, 0.2) is 52.3 Å². The van der Waals surface area contributed by atoms with Gasteiger partial charge in [0.05, 0.1) is 23.0 Å². The quantitative estimate of drug-likeness (QED) is 0.312. The van der Waals surface area contributed by atoms with Crippen LogP contribution in [0.2, 0.25) is 0 Å². The number of para-hydroxylation sites is 1. The van der Waals surface area contributed by atoms with Crippen molar-refractivity contribution >= 4 is 55.9 Å². The van der Waals surface area contributed by atoms with Gasteiger partial charge in [0.15, 0.2) is 10.9 Å². The Morgan fingerprint density at radius 1 is 1.17 bits per heavy atom. The smallest absolute Gasteiger partial charge is 0.230 e. The molecule has 0 spiro atoms. The average molecular weight is 485 g/mol. The molecular weight excluding hydrogens is 464 g/mol. The maximum atomic E-state index is 12.5. The third-order valence-electron chi connectivity index (χ3n) is 4.52. The highest BCUT2D eigenvalue weighted by Gasteiger charge is 2.21. The number of ketones is 1. The van der Waals surface area contributed by atoms with Crippen molar-refractivity contribution in [3.63, 3.8) is 0 Å². The second kappa shape index (κ2) is 9.36. The van der Waals surface area contributed by atoms with Gasteiger partial charge in [0.25, 0.3) is 0 Å². The number of ether oxygens (including phenoxy) is 1. The van der Waals surface area contributed by atoms with Gasteiger partial charge in [0, 0.05) is 17.9 Å². The SMILES string of the molecule is COc1ccc(C(=O)/C=C/c2csc(N(C(C)=O)c3c(C)cccc3C)n2)cc1Br. The number of amides is 1.